The molecular weight excluding hydrogens is 863 g/mol. The molecule has 0 unspecified atom stereocenters. The number of benzene rings is 6. The molecule has 0 radical (unpaired) electrons. The first-order chi connectivity index (χ1) is 31.0. The van der Waals surface area contributed by atoms with Crippen LogP contribution < -0.4 is 78.8 Å². The molecule has 0 atom stereocenters. The number of aliphatic carboxylic acids is 4. The van der Waals surface area contributed by atoms with Gasteiger partial charge in [0.15, 0.2) is 0 Å². The summed E-state index contributed by atoms with van der Waals surface area (Å²) in [5.74, 6) is -0.780. The number of ether oxygens (including phenoxy) is 2. The number of para-hydroxylation sites is 4. The molecule has 14 nitrogen and oxygen atoms in total. The standard InChI is InChI=1S/2C25H24N2O5.2Na/c2*28-23(29)7-3-13-27-22-6-2-1-5-21(22)26-25(27)19-10-9-18-16-20(12-11-17(18)15-19)32-14-4-8-24(30)31;;/h2*1-2,5-6,9-12,15-16H,3-4,7-8,13-14H2,(H,28,29)(H,30,31);;/q;;2*+1/p-2. The first-order valence-electron chi connectivity index (χ1n) is 21.1. The van der Waals surface area contributed by atoms with Crippen molar-refractivity contribution in [3.63, 3.8) is 0 Å². The Morgan fingerprint density at radius 3 is 1.26 bits per heavy atom. The fourth-order valence-electron chi connectivity index (χ4n) is 7.54. The minimum absolute atomic E-state index is 0. The third kappa shape index (κ3) is 13.7. The molecule has 8 aromatic rings. The zero-order chi connectivity index (χ0) is 45.0. The third-order valence-electron chi connectivity index (χ3n) is 10.6. The number of nitrogens with zero attached hydrogens (tertiary/aromatic N) is 4. The molecule has 2 aromatic heterocycles. The van der Waals surface area contributed by atoms with Crippen molar-refractivity contribution in [2.24, 2.45) is 0 Å². The van der Waals surface area contributed by atoms with Crippen molar-refractivity contribution in [2.75, 3.05) is 13.2 Å². The molecule has 0 aliphatic carbocycles. The van der Waals surface area contributed by atoms with Crippen LogP contribution in [0, 0.1) is 0 Å². The van der Waals surface area contributed by atoms with Crippen LogP contribution in [0.4, 0.5) is 0 Å². The number of rotatable bonds is 20. The second-order valence-corrected chi connectivity index (χ2v) is 15.2. The van der Waals surface area contributed by atoms with Crippen molar-refractivity contribution < 1.29 is 108 Å². The summed E-state index contributed by atoms with van der Waals surface area (Å²) in [6.45, 7) is 1.77. The number of carbonyl (C=O) groups excluding carboxylic acids is 2. The van der Waals surface area contributed by atoms with Gasteiger partial charge in [-0.05, 0) is 121 Å². The second-order valence-electron chi connectivity index (χ2n) is 15.2. The molecule has 16 heteroatoms. The summed E-state index contributed by atoms with van der Waals surface area (Å²) in [5, 5.41) is 43.2. The Kier molecular flexibility index (Phi) is 19.2. The summed E-state index contributed by atoms with van der Waals surface area (Å²) >= 11 is 0. The minimum Gasteiger partial charge on any atom is -0.550 e. The molecule has 6 aromatic carbocycles. The van der Waals surface area contributed by atoms with E-state index >= 15 is 0 Å². The van der Waals surface area contributed by atoms with Crippen LogP contribution in [0.2, 0.25) is 0 Å². The first-order valence-corrected chi connectivity index (χ1v) is 21.1. The molecule has 0 aliphatic rings. The zero-order valence-corrected chi connectivity index (χ0v) is 41.0. The van der Waals surface area contributed by atoms with Gasteiger partial charge >= 0.3 is 71.1 Å². The van der Waals surface area contributed by atoms with Crippen molar-refractivity contribution in [1.29, 1.82) is 0 Å². The van der Waals surface area contributed by atoms with E-state index in [0.29, 0.717) is 63.5 Å². The quantitative estimate of drug-likeness (QED) is 0.0819. The summed E-state index contributed by atoms with van der Waals surface area (Å²) in [5.41, 5.74) is 5.54. The molecule has 0 spiro atoms. The van der Waals surface area contributed by atoms with Crippen molar-refractivity contribution in [3.05, 3.63) is 121 Å². The summed E-state index contributed by atoms with van der Waals surface area (Å²) in [4.78, 5) is 52.5. The number of imidazole rings is 2. The van der Waals surface area contributed by atoms with E-state index in [1.807, 2.05) is 109 Å². The van der Waals surface area contributed by atoms with Crippen molar-refractivity contribution in [2.45, 2.75) is 64.5 Å². The van der Waals surface area contributed by atoms with Crippen molar-refractivity contribution in [3.8, 4) is 34.3 Å². The van der Waals surface area contributed by atoms with Gasteiger partial charge < -0.3 is 48.6 Å². The van der Waals surface area contributed by atoms with Crippen LogP contribution in [0.15, 0.2) is 121 Å². The van der Waals surface area contributed by atoms with E-state index in [0.717, 1.165) is 66.4 Å². The topological polar surface area (TPSA) is 209 Å². The molecule has 0 saturated heterocycles. The number of carbonyl (C=O) groups is 4. The Hall–Kier alpha value is -5.74. The molecule has 0 bridgehead atoms. The van der Waals surface area contributed by atoms with Gasteiger partial charge in [-0.2, -0.15) is 0 Å². The summed E-state index contributed by atoms with van der Waals surface area (Å²) < 4.78 is 15.4. The van der Waals surface area contributed by atoms with Crippen LogP contribution in [-0.4, -0.2) is 66.4 Å². The first kappa shape index (κ1) is 51.2. The zero-order valence-electron chi connectivity index (χ0n) is 37.0. The number of carboxylic acids is 4. The Bertz CT molecular complexity index is 2770. The maximum Gasteiger partial charge on any atom is 1.00 e. The Morgan fingerprint density at radius 2 is 0.864 bits per heavy atom. The largest absolute Gasteiger partial charge is 1.00 e. The number of aryl methyl sites for hydroxylation is 2. The minimum atomic E-state index is -1.05. The fraction of sp³-hybridized carbons (Fsp3) is 0.240. The molecule has 0 amide bonds. The average molecular weight is 909 g/mol. The number of carboxylic acid groups (broad SMARTS) is 4. The molecule has 0 aliphatic heterocycles. The Morgan fingerprint density at radius 1 is 0.485 bits per heavy atom. The molecule has 2 heterocycles. The maximum absolute atomic E-state index is 10.9. The SMILES string of the molecule is O=C([O-])CCCn1c(-c2ccc3cc(OCCCC(=O)O)ccc3c2)nc2ccccc21.O=C([O-])CCCn1c(-c2ccc3cc(OCCCC(=O)O)ccc3c2)nc2ccccc21.[Na+].[Na+]. The monoisotopic (exact) mass is 908 g/mol. The van der Waals surface area contributed by atoms with E-state index in [1.54, 1.807) is 0 Å². The predicted molar refractivity (Wildman–Crippen MR) is 239 cm³/mol. The summed E-state index contributed by atoms with van der Waals surface area (Å²) in [7, 11) is 0. The van der Waals surface area contributed by atoms with Gasteiger partial charge in [0.25, 0.3) is 0 Å². The van der Waals surface area contributed by atoms with E-state index in [2.05, 4.69) is 21.3 Å². The smallest absolute Gasteiger partial charge is 0.550 e. The number of hydrogen-bond donors (Lipinski definition) is 2. The van der Waals surface area contributed by atoms with Gasteiger partial charge in [-0.1, -0.05) is 60.7 Å². The van der Waals surface area contributed by atoms with Gasteiger partial charge in [0.1, 0.15) is 23.1 Å². The number of hydrogen-bond acceptors (Lipinski definition) is 10. The maximum atomic E-state index is 10.9. The van der Waals surface area contributed by atoms with Crippen LogP contribution in [0.3, 0.4) is 0 Å². The summed E-state index contributed by atoms with van der Waals surface area (Å²) in [6, 6.07) is 39.3. The van der Waals surface area contributed by atoms with Crippen LogP contribution in [0.1, 0.15) is 51.4 Å². The van der Waals surface area contributed by atoms with Crippen LogP contribution in [0.25, 0.3) is 66.4 Å². The van der Waals surface area contributed by atoms with Crippen LogP contribution in [0.5, 0.6) is 11.5 Å². The van der Waals surface area contributed by atoms with E-state index in [-0.39, 0.29) is 84.8 Å². The van der Waals surface area contributed by atoms with Crippen LogP contribution in [-0.2, 0) is 32.3 Å². The van der Waals surface area contributed by atoms with Crippen molar-refractivity contribution in [1.82, 2.24) is 19.1 Å². The molecular formula is C50H46N4Na2O10. The molecule has 328 valence electrons. The van der Waals surface area contributed by atoms with Gasteiger partial charge in [-0.15, -0.1) is 0 Å². The van der Waals surface area contributed by atoms with Crippen molar-refractivity contribution >= 4 is 67.5 Å². The molecule has 0 fully saturated rings. The fourth-order valence-corrected chi connectivity index (χ4v) is 7.54. The Balaban J connectivity index is 0.000000240. The molecule has 0 saturated carbocycles. The van der Waals surface area contributed by atoms with Gasteiger partial charge in [-0.3, -0.25) is 9.59 Å². The number of fused-ring (bicyclic) bond motifs is 4. The second kappa shape index (κ2) is 24.7. The van der Waals surface area contributed by atoms with E-state index in [9.17, 15) is 29.4 Å². The van der Waals surface area contributed by atoms with E-state index < -0.39 is 23.9 Å². The molecule has 66 heavy (non-hydrogen) atoms. The molecule has 2 N–H and O–H groups in total. The third-order valence-corrected chi connectivity index (χ3v) is 10.6. The van der Waals surface area contributed by atoms with E-state index in [1.165, 1.54) is 0 Å². The van der Waals surface area contributed by atoms with Gasteiger partial charge in [0.2, 0.25) is 0 Å². The van der Waals surface area contributed by atoms with E-state index in [4.69, 9.17) is 29.7 Å². The number of aromatic nitrogens is 4. The summed E-state index contributed by atoms with van der Waals surface area (Å²) in [6.07, 6.45) is 2.01. The van der Waals surface area contributed by atoms with Gasteiger partial charge in [0.05, 0.1) is 35.3 Å². The average Bonchev–Trinajstić information content (AvgIpc) is 3.84. The Labute approximate surface area is 424 Å². The van der Waals surface area contributed by atoms with Crippen LogP contribution >= 0.6 is 0 Å². The molecule has 8 rings (SSSR count). The normalized spacial score (nSPS) is 10.8. The predicted octanol–water partition coefficient (Wildman–Crippen LogP) is 1.27. The van der Waals surface area contributed by atoms with Gasteiger partial charge in [-0.25, -0.2) is 9.97 Å². The van der Waals surface area contributed by atoms with Gasteiger partial charge in [0, 0.05) is 49.0 Å².